The van der Waals surface area contributed by atoms with Crippen LogP contribution in [0.1, 0.15) is 58.8 Å². The fourth-order valence-corrected chi connectivity index (χ4v) is 4.07. The highest BCUT2D eigenvalue weighted by Crippen LogP contribution is 2.64. The van der Waals surface area contributed by atoms with E-state index in [2.05, 4.69) is 25.0 Å². The van der Waals surface area contributed by atoms with Crippen LogP contribution in [0, 0.1) is 10.8 Å². The minimum atomic E-state index is 0.532. The monoisotopic (exact) mass is 203 g/mol. The van der Waals surface area contributed by atoms with E-state index in [4.69, 9.17) is 0 Å². The zero-order chi connectivity index (χ0) is 10.5. The van der Waals surface area contributed by atoms with Crippen LogP contribution in [-0.2, 0) is 0 Å². The lowest BCUT2D eigenvalue weighted by atomic mass is 9.77. The van der Waals surface area contributed by atoms with Crippen molar-refractivity contribution < 1.29 is 0 Å². The number of aliphatic imine (C=N–C) groups is 1. The second-order valence-corrected chi connectivity index (χ2v) is 6.04. The summed E-state index contributed by atoms with van der Waals surface area (Å²) >= 11 is 0. The number of hydrogen-bond acceptors (Lipinski definition) is 1. The molecule has 0 aromatic rings. The van der Waals surface area contributed by atoms with E-state index in [1.807, 2.05) is 0 Å². The first-order valence-corrected chi connectivity index (χ1v) is 6.41. The predicted octanol–water partition coefficient (Wildman–Crippen LogP) is 4.10. The van der Waals surface area contributed by atoms with Gasteiger partial charge in [-0.1, -0.05) is 13.3 Å². The molecule has 0 amide bonds. The molecule has 0 radical (unpaired) electrons. The largest absolute Gasteiger partial charge is 0.265 e. The second-order valence-electron chi connectivity index (χ2n) is 6.04. The molecule has 2 fully saturated rings. The van der Waals surface area contributed by atoms with Crippen molar-refractivity contribution in [3.63, 3.8) is 0 Å². The number of hydrogen-bond donors (Lipinski definition) is 0. The van der Waals surface area contributed by atoms with Crippen LogP contribution in [0.25, 0.3) is 0 Å². The van der Waals surface area contributed by atoms with Crippen LogP contribution in [-0.4, -0.2) is 5.71 Å². The molecule has 1 nitrogen and oxygen atoms in total. The van der Waals surface area contributed by atoms with Crippen LogP contribution in [0.15, 0.2) is 16.8 Å². The minimum absolute atomic E-state index is 0.532. The van der Waals surface area contributed by atoms with Crippen molar-refractivity contribution in [1.82, 2.24) is 0 Å². The molecular weight excluding hydrogens is 182 g/mol. The lowest BCUT2D eigenvalue weighted by Gasteiger charge is -2.27. The van der Waals surface area contributed by atoms with Gasteiger partial charge in [0.25, 0.3) is 0 Å². The quantitative estimate of drug-likeness (QED) is 0.641. The fourth-order valence-electron chi connectivity index (χ4n) is 4.07. The van der Waals surface area contributed by atoms with Crippen LogP contribution in [0.5, 0.6) is 0 Å². The summed E-state index contributed by atoms with van der Waals surface area (Å²) in [5.74, 6) is 0. The highest BCUT2D eigenvalue weighted by Gasteiger charge is 2.55. The van der Waals surface area contributed by atoms with Crippen molar-refractivity contribution in [2.24, 2.45) is 15.8 Å². The van der Waals surface area contributed by atoms with Gasteiger partial charge in [0.05, 0.1) is 0 Å². The Labute approximate surface area is 92.7 Å². The van der Waals surface area contributed by atoms with Crippen LogP contribution < -0.4 is 0 Å². The molecule has 0 saturated heterocycles. The molecule has 3 aliphatic rings. The Morgan fingerprint density at radius 3 is 2.47 bits per heavy atom. The smallest absolute Gasteiger partial charge is 0.0281 e. The van der Waals surface area contributed by atoms with Crippen LogP contribution in [0.3, 0.4) is 0 Å². The zero-order valence-electron chi connectivity index (χ0n) is 9.97. The average molecular weight is 203 g/mol. The van der Waals surface area contributed by atoms with Gasteiger partial charge in [-0.25, -0.2) is 0 Å². The van der Waals surface area contributed by atoms with E-state index in [1.165, 1.54) is 56.2 Å². The molecule has 3 rings (SSSR count). The Balaban J connectivity index is 1.84. The SMILES string of the molecule is CCC12CCC(C3=NC=C(C)C3)(CC1)C2. The summed E-state index contributed by atoms with van der Waals surface area (Å²) in [5, 5.41) is 0. The van der Waals surface area contributed by atoms with Gasteiger partial charge < -0.3 is 0 Å². The van der Waals surface area contributed by atoms with E-state index in [0.717, 1.165) is 0 Å². The predicted molar refractivity (Wildman–Crippen MR) is 64.1 cm³/mol. The van der Waals surface area contributed by atoms with Crippen molar-refractivity contribution in [3.8, 4) is 0 Å². The van der Waals surface area contributed by atoms with Gasteiger partial charge in [0.2, 0.25) is 0 Å². The van der Waals surface area contributed by atoms with Gasteiger partial charge >= 0.3 is 0 Å². The summed E-state index contributed by atoms with van der Waals surface area (Å²) in [6.07, 6.45) is 11.8. The fraction of sp³-hybridized carbons (Fsp3) is 0.786. The molecule has 0 aromatic heterocycles. The number of fused-ring (bicyclic) bond motifs is 2. The summed E-state index contributed by atoms with van der Waals surface area (Å²) in [7, 11) is 0. The molecule has 2 bridgehead atoms. The van der Waals surface area contributed by atoms with Gasteiger partial charge in [0.15, 0.2) is 0 Å². The molecule has 2 saturated carbocycles. The standard InChI is InChI=1S/C14H21N/c1-3-13-4-6-14(10-13,7-5-13)12-8-11(2)9-15-12/h9H,3-8,10H2,1-2H3. The maximum atomic E-state index is 4.69. The summed E-state index contributed by atoms with van der Waals surface area (Å²) in [6.45, 7) is 4.59. The minimum Gasteiger partial charge on any atom is -0.265 e. The molecule has 82 valence electrons. The summed E-state index contributed by atoms with van der Waals surface area (Å²) in [5.41, 5.74) is 4.22. The summed E-state index contributed by atoms with van der Waals surface area (Å²) in [4.78, 5) is 4.69. The third-order valence-corrected chi connectivity index (χ3v) is 5.23. The Hall–Kier alpha value is -0.590. The molecule has 0 atom stereocenters. The van der Waals surface area contributed by atoms with E-state index in [1.54, 1.807) is 0 Å². The Morgan fingerprint density at radius 1 is 1.27 bits per heavy atom. The molecule has 0 unspecified atom stereocenters. The second kappa shape index (κ2) is 2.96. The lowest BCUT2D eigenvalue weighted by molar-refractivity contribution is 0.282. The molecule has 1 aliphatic heterocycles. The van der Waals surface area contributed by atoms with Gasteiger partial charge in [0, 0.05) is 23.7 Å². The molecule has 0 N–H and O–H groups in total. The zero-order valence-corrected chi connectivity index (χ0v) is 9.97. The van der Waals surface area contributed by atoms with Crippen molar-refractivity contribution in [1.29, 1.82) is 0 Å². The number of rotatable bonds is 2. The Bertz CT molecular complexity index is 340. The molecule has 1 heterocycles. The van der Waals surface area contributed by atoms with Crippen LogP contribution >= 0.6 is 0 Å². The molecule has 0 spiro atoms. The van der Waals surface area contributed by atoms with Gasteiger partial charge in [-0.05, 0) is 50.0 Å². The van der Waals surface area contributed by atoms with Crippen molar-refractivity contribution in [2.75, 3.05) is 0 Å². The van der Waals surface area contributed by atoms with Crippen molar-refractivity contribution >= 4 is 5.71 Å². The van der Waals surface area contributed by atoms with Crippen LogP contribution in [0.4, 0.5) is 0 Å². The van der Waals surface area contributed by atoms with E-state index >= 15 is 0 Å². The first-order valence-electron chi connectivity index (χ1n) is 6.41. The number of allylic oxidation sites excluding steroid dienone is 1. The summed E-state index contributed by atoms with van der Waals surface area (Å²) in [6, 6.07) is 0. The maximum absolute atomic E-state index is 4.69. The van der Waals surface area contributed by atoms with Crippen molar-refractivity contribution in [2.45, 2.75) is 58.8 Å². The van der Waals surface area contributed by atoms with Gasteiger partial charge in [-0.15, -0.1) is 0 Å². The van der Waals surface area contributed by atoms with E-state index in [9.17, 15) is 0 Å². The normalized spacial score (nSPS) is 43.3. The molecule has 0 aromatic carbocycles. The van der Waals surface area contributed by atoms with E-state index < -0.39 is 0 Å². The lowest BCUT2D eigenvalue weighted by Crippen LogP contribution is -2.25. The van der Waals surface area contributed by atoms with Gasteiger partial charge in [-0.3, -0.25) is 4.99 Å². The first kappa shape index (κ1) is 9.62. The third kappa shape index (κ3) is 1.25. The van der Waals surface area contributed by atoms with Gasteiger partial charge in [0.1, 0.15) is 0 Å². The Kier molecular flexibility index (Phi) is 1.90. The number of nitrogens with zero attached hydrogens (tertiary/aromatic N) is 1. The van der Waals surface area contributed by atoms with E-state index in [-0.39, 0.29) is 0 Å². The topological polar surface area (TPSA) is 12.4 Å². The third-order valence-electron chi connectivity index (χ3n) is 5.23. The molecule has 2 aliphatic carbocycles. The van der Waals surface area contributed by atoms with E-state index in [0.29, 0.717) is 10.8 Å². The average Bonchev–Trinajstić information content (AvgIpc) is 2.91. The maximum Gasteiger partial charge on any atom is 0.0281 e. The first-order chi connectivity index (χ1) is 7.18. The molecule has 15 heavy (non-hydrogen) atoms. The van der Waals surface area contributed by atoms with Gasteiger partial charge in [-0.2, -0.15) is 0 Å². The molecular formula is C14H21N. The molecule has 1 heteroatoms. The highest BCUT2D eigenvalue weighted by molar-refractivity contribution is 5.94. The Morgan fingerprint density at radius 2 is 2.00 bits per heavy atom. The summed E-state index contributed by atoms with van der Waals surface area (Å²) < 4.78 is 0. The van der Waals surface area contributed by atoms with Crippen molar-refractivity contribution in [3.05, 3.63) is 11.8 Å². The van der Waals surface area contributed by atoms with Crippen LogP contribution in [0.2, 0.25) is 0 Å². The highest BCUT2D eigenvalue weighted by atomic mass is 14.8.